The maximum absolute atomic E-state index is 4.14. The van der Waals surface area contributed by atoms with Crippen LogP contribution < -0.4 is 4.98 Å². The van der Waals surface area contributed by atoms with Gasteiger partial charge >= 0.3 is 0 Å². The molecule has 22 heavy (non-hydrogen) atoms. The van der Waals surface area contributed by atoms with Crippen LogP contribution in [0.4, 0.5) is 0 Å². The highest BCUT2D eigenvalue weighted by molar-refractivity contribution is 8.33. The summed E-state index contributed by atoms with van der Waals surface area (Å²) in [6.45, 7) is 19.4. The molecule has 0 aromatic carbocycles. The molecule has 0 unspecified atom stereocenters. The molecule has 0 saturated carbocycles. The highest BCUT2D eigenvalue weighted by Crippen LogP contribution is 2.50. The minimum Gasteiger partial charge on any atom is -0.330 e. The van der Waals surface area contributed by atoms with E-state index < -0.39 is 18.3 Å². The molecule has 0 amide bonds. The van der Waals surface area contributed by atoms with E-state index in [0.717, 1.165) is 0 Å². The molecule has 0 atom stereocenters. The number of unbranched alkanes of at least 4 members (excludes halogenated alkanes) is 3. The van der Waals surface area contributed by atoms with Crippen molar-refractivity contribution in [3.05, 3.63) is 0 Å². The van der Waals surface area contributed by atoms with Gasteiger partial charge in [-0.1, -0.05) is 73.9 Å². The minimum absolute atomic E-state index is 0.443. The van der Waals surface area contributed by atoms with Crippen molar-refractivity contribution in [3.63, 3.8) is 0 Å². The maximum Gasteiger partial charge on any atom is 0.125 e. The molecule has 0 aromatic heterocycles. The normalized spacial score (nSPS) is 14.4. The van der Waals surface area contributed by atoms with E-state index in [1.165, 1.54) is 61.7 Å². The van der Waals surface area contributed by atoms with Gasteiger partial charge in [-0.05, 0) is 41.6 Å². The van der Waals surface area contributed by atoms with Gasteiger partial charge < -0.3 is 4.98 Å². The first-order valence-electron chi connectivity index (χ1n) is 9.63. The molecule has 0 fully saturated rings. The van der Waals surface area contributed by atoms with E-state index in [-0.39, 0.29) is 0 Å². The second kappa shape index (κ2) is 10.4. The fraction of sp³-hybridized carbons (Fsp3) is 1.00. The van der Waals surface area contributed by atoms with Crippen LogP contribution in [0.15, 0.2) is 0 Å². The van der Waals surface area contributed by atoms with Crippen LogP contribution in [0.25, 0.3) is 0 Å². The molecule has 0 heterocycles. The molecule has 0 spiro atoms. The fourth-order valence-electron chi connectivity index (χ4n) is 2.47. The molecule has 1 N–H and O–H groups in total. The third kappa shape index (κ3) is 7.87. The average Bonchev–Trinajstić information content (AvgIpc) is 2.44. The molecule has 0 radical (unpaired) electrons. The summed E-state index contributed by atoms with van der Waals surface area (Å²) in [5.41, 5.74) is 0. The van der Waals surface area contributed by atoms with Gasteiger partial charge in [-0.15, -0.1) is 0 Å². The molecular weight excluding hydrogens is 302 g/mol. The molecule has 0 rings (SSSR count). The molecule has 0 aliphatic heterocycles. The van der Waals surface area contributed by atoms with Gasteiger partial charge in [0.25, 0.3) is 0 Å². The van der Waals surface area contributed by atoms with Crippen molar-refractivity contribution in [1.82, 2.24) is 4.98 Å². The van der Waals surface area contributed by atoms with Gasteiger partial charge in [0.05, 0.1) is 0 Å². The Balaban J connectivity index is 4.99. The Morgan fingerprint density at radius 2 is 1.14 bits per heavy atom. The van der Waals surface area contributed by atoms with E-state index in [9.17, 15) is 0 Å². The SMILES string of the molecule is CCCCS(CCCC)(CCCC)CN[Si](C)(C)C(C)(C)C. The molecule has 0 bridgehead atoms. The van der Waals surface area contributed by atoms with Crippen molar-refractivity contribution in [2.24, 2.45) is 0 Å². The summed E-state index contributed by atoms with van der Waals surface area (Å²) < 4.78 is 0. The highest BCUT2D eigenvalue weighted by Gasteiger charge is 2.36. The first-order chi connectivity index (χ1) is 10.1. The molecule has 0 aromatic rings. The Bertz CT molecular complexity index is 262. The molecule has 3 heteroatoms. The summed E-state index contributed by atoms with van der Waals surface area (Å²) in [7, 11) is -1.81. The van der Waals surface area contributed by atoms with Gasteiger partial charge in [-0.25, -0.2) is 10.0 Å². The van der Waals surface area contributed by atoms with Crippen LogP contribution in [0.5, 0.6) is 0 Å². The summed E-state index contributed by atoms with van der Waals surface area (Å²) in [4.78, 5) is 4.14. The molecule has 136 valence electrons. The van der Waals surface area contributed by atoms with E-state index in [1.54, 1.807) is 0 Å². The second-order valence-electron chi connectivity index (χ2n) is 8.59. The summed E-state index contributed by atoms with van der Waals surface area (Å²) in [6, 6.07) is 0. The van der Waals surface area contributed by atoms with Crippen LogP contribution in [-0.2, 0) is 0 Å². The van der Waals surface area contributed by atoms with E-state index in [2.05, 4.69) is 59.6 Å². The third-order valence-electron chi connectivity index (χ3n) is 5.49. The summed E-state index contributed by atoms with van der Waals surface area (Å²) >= 11 is 0. The first-order valence-corrected chi connectivity index (χ1v) is 14.9. The van der Waals surface area contributed by atoms with E-state index in [1.807, 2.05) is 0 Å². The minimum atomic E-state index is -1.36. The average molecular weight is 348 g/mol. The van der Waals surface area contributed by atoms with Gasteiger partial charge in [0.15, 0.2) is 0 Å². The number of rotatable bonds is 12. The second-order valence-corrected chi connectivity index (χ2v) is 17.7. The number of hydrogen-bond donors (Lipinski definition) is 1. The lowest BCUT2D eigenvalue weighted by molar-refractivity contribution is 0.697. The first kappa shape index (κ1) is 22.5. The largest absolute Gasteiger partial charge is 0.330 e. The summed E-state index contributed by atoms with van der Waals surface area (Å²) in [5.74, 6) is 5.85. The van der Waals surface area contributed by atoms with Crippen molar-refractivity contribution in [2.75, 3.05) is 23.1 Å². The van der Waals surface area contributed by atoms with Gasteiger partial charge in [-0.3, -0.25) is 0 Å². The summed E-state index contributed by atoms with van der Waals surface area (Å²) in [5, 5.41) is 0.443. The quantitative estimate of drug-likeness (QED) is 0.385. The molecular formula is C19H45NSSi. The van der Waals surface area contributed by atoms with E-state index >= 15 is 0 Å². The lowest BCUT2D eigenvalue weighted by atomic mass is 10.2. The Labute approximate surface area is 144 Å². The monoisotopic (exact) mass is 347 g/mol. The summed E-state index contributed by atoms with van der Waals surface area (Å²) in [6.07, 6.45) is 8.36. The predicted molar refractivity (Wildman–Crippen MR) is 112 cm³/mol. The number of hydrogen-bond acceptors (Lipinski definition) is 1. The van der Waals surface area contributed by atoms with Crippen LogP contribution in [0.2, 0.25) is 18.1 Å². The van der Waals surface area contributed by atoms with Crippen LogP contribution >= 0.6 is 10.0 Å². The molecule has 0 aliphatic carbocycles. The van der Waals surface area contributed by atoms with Crippen molar-refractivity contribution in [1.29, 1.82) is 0 Å². The Morgan fingerprint density at radius 1 is 0.773 bits per heavy atom. The smallest absolute Gasteiger partial charge is 0.125 e. The van der Waals surface area contributed by atoms with Crippen molar-refractivity contribution in [3.8, 4) is 0 Å². The molecule has 0 aliphatic rings. The zero-order valence-corrected chi connectivity index (χ0v) is 18.8. The number of nitrogens with one attached hydrogen (secondary N) is 1. The van der Waals surface area contributed by atoms with Crippen molar-refractivity contribution < 1.29 is 0 Å². The Hall–Kier alpha value is 0.527. The van der Waals surface area contributed by atoms with Crippen molar-refractivity contribution >= 4 is 18.3 Å². The van der Waals surface area contributed by atoms with Crippen LogP contribution in [-0.4, -0.2) is 31.4 Å². The zero-order valence-electron chi connectivity index (χ0n) is 17.0. The highest BCUT2D eigenvalue weighted by atomic mass is 32.3. The fourth-order valence-corrected chi connectivity index (χ4v) is 9.42. The molecule has 0 saturated heterocycles. The molecule has 1 nitrogen and oxygen atoms in total. The van der Waals surface area contributed by atoms with Gasteiger partial charge in [0.2, 0.25) is 0 Å². The zero-order chi connectivity index (χ0) is 17.3. The standard InChI is InChI=1S/C19H45NSSi/c1-9-12-15-21(16-13-10-2,17-14-11-3)18-20-22(7,8)19(4,5)6/h20H,9-18H2,1-8H3. The Morgan fingerprint density at radius 3 is 1.41 bits per heavy atom. The van der Waals surface area contributed by atoms with E-state index in [4.69, 9.17) is 0 Å². The Kier molecular flexibility index (Phi) is 10.7. The van der Waals surface area contributed by atoms with Gasteiger partial charge in [0.1, 0.15) is 8.24 Å². The van der Waals surface area contributed by atoms with Gasteiger partial charge in [0, 0.05) is 5.88 Å². The van der Waals surface area contributed by atoms with E-state index in [0.29, 0.717) is 5.04 Å². The lowest BCUT2D eigenvalue weighted by Gasteiger charge is -2.46. The predicted octanol–water partition coefficient (Wildman–Crippen LogP) is 6.74. The lowest BCUT2D eigenvalue weighted by Crippen LogP contribution is -2.53. The van der Waals surface area contributed by atoms with Crippen LogP contribution in [0.1, 0.15) is 80.1 Å². The van der Waals surface area contributed by atoms with Gasteiger partial charge in [-0.2, -0.15) is 0 Å². The topological polar surface area (TPSA) is 12.0 Å². The third-order valence-corrected chi connectivity index (χ3v) is 14.8. The van der Waals surface area contributed by atoms with Crippen molar-refractivity contribution in [2.45, 2.75) is 98.2 Å². The maximum atomic E-state index is 4.14. The van der Waals surface area contributed by atoms with Crippen LogP contribution in [0.3, 0.4) is 0 Å². The van der Waals surface area contributed by atoms with Crippen LogP contribution in [0, 0.1) is 0 Å².